The van der Waals surface area contributed by atoms with Crippen LogP contribution in [0.4, 0.5) is 23.2 Å². The Labute approximate surface area is 108 Å². The molecule has 1 aromatic rings. The summed E-state index contributed by atoms with van der Waals surface area (Å²) < 4.78 is 50.6. The zero-order valence-corrected chi connectivity index (χ0v) is 10.3. The Hall–Kier alpha value is -1.63. The predicted octanol–water partition coefficient (Wildman–Crippen LogP) is 2.78. The summed E-state index contributed by atoms with van der Waals surface area (Å²) in [6.45, 7) is 2.42. The van der Waals surface area contributed by atoms with E-state index in [1.54, 1.807) is 0 Å². The summed E-state index contributed by atoms with van der Waals surface area (Å²) in [5.41, 5.74) is -1.48. The Morgan fingerprint density at radius 1 is 1.32 bits per heavy atom. The molecule has 2 N–H and O–H groups in total. The lowest BCUT2D eigenvalue weighted by atomic mass is 10.2. The van der Waals surface area contributed by atoms with Crippen molar-refractivity contribution in [2.75, 3.05) is 18.4 Å². The Morgan fingerprint density at radius 2 is 2.00 bits per heavy atom. The molecule has 0 spiro atoms. The summed E-state index contributed by atoms with van der Waals surface area (Å²) in [4.78, 5) is 11.4. The van der Waals surface area contributed by atoms with Crippen LogP contribution in [0.1, 0.15) is 18.9 Å². The number of amides is 1. The molecule has 0 saturated heterocycles. The average molecular weight is 278 g/mol. The van der Waals surface area contributed by atoms with Crippen molar-refractivity contribution in [3.63, 3.8) is 0 Å². The minimum atomic E-state index is -4.58. The number of hydrogen-bond acceptors (Lipinski definition) is 2. The fraction of sp³-hybridized carbons (Fsp3) is 0.417. The number of carbonyl (C=O) groups excluding carboxylic acids is 1. The third kappa shape index (κ3) is 4.86. The van der Waals surface area contributed by atoms with Gasteiger partial charge in [0.1, 0.15) is 5.82 Å². The third-order valence-electron chi connectivity index (χ3n) is 2.28. The zero-order valence-electron chi connectivity index (χ0n) is 10.3. The van der Waals surface area contributed by atoms with Crippen LogP contribution in [0.3, 0.4) is 0 Å². The van der Waals surface area contributed by atoms with Crippen LogP contribution in [0.15, 0.2) is 18.2 Å². The maximum Gasteiger partial charge on any atom is 0.416 e. The van der Waals surface area contributed by atoms with Gasteiger partial charge < -0.3 is 10.6 Å². The van der Waals surface area contributed by atoms with Gasteiger partial charge >= 0.3 is 6.18 Å². The SMILES string of the molecule is CCCNCC(=O)Nc1cc(C(F)(F)F)ccc1F. The molecule has 106 valence electrons. The minimum Gasteiger partial charge on any atom is -0.322 e. The van der Waals surface area contributed by atoms with Crippen molar-refractivity contribution in [1.29, 1.82) is 0 Å². The monoisotopic (exact) mass is 278 g/mol. The Morgan fingerprint density at radius 3 is 2.58 bits per heavy atom. The number of nitrogens with one attached hydrogen (secondary N) is 2. The highest BCUT2D eigenvalue weighted by Crippen LogP contribution is 2.31. The van der Waals surface area contributed by atoms with Gasteiger partial charge in [0.2, 0.25) is 5.91 Å². The van der Waals surface area contributed by atoms with E-state index in [9.17, 15) is 22.4 Å². The van der Waals surface area contributed by atoms with E-state index in [1.165, 1.54) is 0 Å². The summed E-state index contributed by atoms with van der Waals surface area (Å²) >= 11 is 0. The molecule has 0 saturated carbocycles. The van der Waals surface area contributed by atoms with Gasteiger partial charge in [-0.1, -0.05) is 6.92 Å². The van der Waals surface area contributed by atoms with Gasteiger partial charge in [-0.2, -0.15) is 13.2 Å². The molecule has 7 heteroatoms. The lowest BCUT2D eigenvalue weighted by Crippen LogP contribution is -2.28. The molecule has 0 aliphatic heterocycles. The Balaban J connectivity index is 2.74. The molecule has 1 rings (SSSR count). The smallest absolute Gasteiger partial charge is 0.322 e. The second-order valence-corrected chi connectivity index (χ2v) is 3.92. The fourth-order valence-corrected chi connectivity index (χ4v) is 1.37. The first kappa shape index (κ1) is 15.4. The number of alkyl halides is 3. The largest absolute Gasteiger partial charge is 0.416 e. The number of halogens is 4. The van der Waals surface area contributed by atoms with Crippen LogP contribution in [-0.2, 0) is 11.0 Å². The summed E-state index contributed by atoms with van der Waals surface area (Å²) in [7, 11) is 0. The molecule has 0 aliphatic rings. The number of carbonyl (C=O) groups is 1. The van der Waals surface area contributed by atoms with E-state index in [0.717, 1.165) is 6.42 Å². The van der Waals surface area contributed by atoms with Crippen molar-refractivity contribution in [3.8, 4) is 0 Å². The van der Waals surface area contributed by atoms with Gasteiger partial charge in [0.05, 0.1) is 17.8 Å². The van der Waals surface area contributed by atoms with Gasteiger partial charge in [-0.3, -0.25) is 4.79 Å². The molecule has 0 atom stereocenters. The highest BCUT2D eigenvalue weighted by Gasteiger charge is 2.31. The number of benzene rings is 1. The van der Waals surface area contributed by atoms with E-state index in [2.05, 4.69) is 10.6 Å². The van der Waals surface area contributed by atoms with E-state index < -0.39 is 29.2 Å². The van der Waals surface area contributed by atoms with Crippen molar-refractivity contribution >= 4 is 11.6 Å². The highest BCUT2D eigenvalue weighted by atomic mass is 19.4. The second-order valence-electron chi connectivity index (χ2n) is 3.92. The van der Waals surface area contributed by atoms with E-state index in [-0.39, 0.29) is 6.54 Å². The van der Waals surface area contributed by atoms with Crippen molar-refractivity contribution in [2.24, 2.45) is 0 Å². The predicted molar refractivity (Wildman–Crippen MR) is 63.2 cm³/mol. The van der Waals surface area contributed by atoms with E-state index >= 15 is 0 Å². The van der Waals surface area contributed by atoms with Gasteiger partial charge in [0, 0.05) is 0 Å². The number of rotatable bonds is 5. The molecule has 0 aromatic heterocycles. The Bertz CT molecular complexity index is 446. The van der Waals surface area contributed by atoms with Gasteiger partial charge in [0.25, 0.3) is 0 Å². The molecule has 0 radical (unpaired) electrons. The quantitative estimate of drug-likeness (QED) is 0.642. The topological polar surface area (TPSA) is 41.1 Å². The zero-order chi connectivity index (χ0) is 14.5. The molecule has 0 bridgehead atoms. The van der Waals surface area contributed by atoms with Crippen LogP contribution in [0.5, 0.6) is 0 Å². The first-order chi connectivity index (χ1) is 8.84. The lowest BCUT2D eigenvalue weighted by Gasteiger charge is -2.11. The first-order valence-electron chi connectivity index (χ1n) is 5.72. The molecular formula is C12H14F4N2O. The maximum atomic E-state index is 13.3. The maximum absolute atomic E-state index is 13.3. The van der Waals surface area contributed by atoms with Crippen LogP contribution in [0.25, 0.3) is 0 Å². The summed E-state index contributed by atoms with van der Waals surface area (Å²) in [5.74, 6) is -1.50. The van der Waals surface area contributed by atoms with Gasteiger partial charge in [-0.25, -0.2) is 4.39 Å². The molecule has 0 unspecified atom stereocenters. The molecule has 3 nitrogen and oxygen atoms in total. The normalized spacial score (nSPS) is 11.4. The second kappa shape index (κ2) is 6.51. The third-order valence-corrected chi connectivity index (χ3v) is 2.28. The molecule has 19 heavy (non-hydrogen) atoms. The van der Waals surface area contributed by atoms with Gasteiger partial charge in [0.15, 0.2) is 0 Å². The van der Waals surface area contributed by atoms with Crippen molar-refractivity contribution in [3.05, 3.63) is 29.6 Å². The number of anilines is 1. The van der Waals surface area contributed by atoms with Crippen molar-refractivity contribution in [1.82, 2.24) is 5.32 Å². The van der Waals surface area contributed by atoms with Crippen LogP contribution >= 0.6 is 0 Å². The molecule has 1 aromatic carbocycles. The van der Waals surface area contributed by atoms with E-state index in [0.29, 0.717) is 24.7 Å². The Kier molecular flexibility index (Phi) is 5.29. The van der Waals surface area contributed by atoms with Crippen LogP contribution < -0.4 is 10.6 Å². The summed E-state index contributed by atoms with van der Waals surface area (Å²) in [5, 5.41) is 4.87. The summed E-state index contributed by atoms with van der Waals surface area (Å²) in [6, 6.07) is 1.88. The van der Waals surface area contributed by atoms with E-state index in [4.69, 9.17) is 0 Å². The average Bonchev–Trinajstić information content (AvgIpc) is 2.31. The number of hydrogen-bond donors (Lipinski definition) is 2. The molecular weight excluding hydrogens is 264 g/mol. The molecule has 0 aliphatic carbocycles. The first-order valence-corrected chi connectivity index (χ1v) is 5.72. The van der Waals surface area contributed by atoms with Gasteiger partial charge in [-0.15, -0.1) is 0 Å². The fourth-order valence-electron chi connectivity index (χ4n) is 1.37. The molecule has 0 fully saturated rings. The molecule has 0 heterocycles. The lowest BCUT2D eigenvalue weighted by molar-refractivity contribution is -0.137. The molecule has 1 amide bonds. The van der Waals surface area contributed by atoms with Crippen LogP contribution in [0.2, 0.25) is 0 Å². The standard InChI is InChI=1S/C12H14F4N2O/c1-2-5-17-7-11(19)18-10-6-8(12(14,15)16)3-4-9(10)13/h3-4,6,17H,2,5,7H2,1H3,(H,18,19). The minimum absolute atomic E-state index is 0.0798. The summed E-state index contributed by atoms with van der Waals surface area (Å²) in [6.07, 6.45) is -3.77. The van der Waals surface area contributed by atoms with Crippen molar-refractivity contribution in [2.45, 2.75) is 19.5 Å². The van der Waals surface area contributed by atoms with Gasteiger partial charge in [-0.05, 0) is 31.2 Å². The highest BCUT2D eigenvalue weighted by molar-refractivity contribution is 5.92. The van der Waals surface area contributed by atoms with Crippen LogP contribution in [0, 0.1) is 5.82 Å². The van der Waals surface area contributed by atoms with Crippen molar-refractivity contribution < 1.29 is 22.4 Å². The van der Waals surface area contributed by atoms with E-state index in [1.807, 2.05) is 6.92 Å². The van der Waals surface area contributed by atoms with Crippen LogP contribution in [-0.4, -0.2) is 19.0 Å².